The van der Waals surface area contributed by atoms with Gasteiger partial charge in [0.15, 0.2) is 0 Å². The zero-order valence-electron chi connectivity index (χ0n) is 13.2. The van der Waals surface area contributed by atoms with Crippen LogP contribution in [0.1, 0.15) is 30.0 Å². The molecule has 0 aliphatic carbocycles. The molecule has 116 valence electrons. The standard InChI is InChI=1S/C17H26N2O2/c1-3-16-9-13-8-15(12-19-4-6-21-7-5-19)17(20-2)10-14(13)11-18-16/h8,10,16,18H,3-7,9,11-12H2,1-2H3. The van der Waals surface area contributed by atoms with Crippen molar-refractivity contribution in [3.8, 4) is 5.75 Å². The highest BCUT2D eigenvalue weighted by Gasteiger charge is 2.20. The molecule has 0 saturated carbocycles. The summed E-state index contributed by atoms with van der Waals surface area (Å²) >= 11 is 0. The molecular weight excluding hydrogens is 264 g/mol. The van der Waals surface area contributed by atoms with Gasteiger partial charge in [-0.2, -0.15) is 0 Å². The normalized spacial score (nSPS) is 22.9. The molecule has 2 aliphatic heterocycles. The second kappa shape index (κ2) is 6.77. The lowest BCUT2D eigenvalue weighted by Crippen LogP contribution is -2.36. The van der Waals surface area contributed by atoms with Crippen LogP contribution in [0.5, 0.6) is 5.75 Å². The fraction of sp³-hybridized carbons (Fsp3) is 0.647. The Morgan fingerprint density at radius 1 is 1.29 bits per heavy atom. The Morgan fingerprint density at radius 3 is 2.81 bits per heavy atom. The molecule has 1 fully saturated rings. The highest BCUT2D eigenvalue weighted by atomic mass is 16.5. The summed E-state index contributed by atoms with van der Waals surface area (Å²) in [5.74, 6) is 1.02. The Hall–Kier alpha value is -1.10. The summed E-state index contributed by atoms with van der Waals surface area (Å²) in [5, 5.41) is 3.59. The second-order valence-corrected chi connectivity index (χ2v) is 6.01. The molecule has 1 N–H and O–H groups in total. The van der Waals surface area contributed by atoms with Crippen LogP contribution < -0.4 is 10.1 Å². The van der Waals surface area contributed by atoms with E-state index >= 15 is 0 Å². The molecule has 0 bridgehead atoms. The van der Waals surface area contributed by atoms with Crippen LogP contribution in [-0.4, -0.2) is 44.4 Å². The summed E-state index contributed by atoms with van der Waals surface area (Å²) in [7, 11) is 1.77. The molecule has 1 atom stereocenters. The highest BCUT2D eigenvalue weighted by molar-refractivity contribution is 5.44. The van der Waals surface area contributed by atoms with Gasteiger partial charge in [0.05, 0.1) is 20.3 Å². The van der Waals surface area contributed by atoms with Gasteiger partial charge in [0.1, 0.15) is 5.75 Å². The minimum absolute atomic E-state index is 0.613. The molecule has 1 aromatic rings. The predicted octanol–water partition coefficient (Wildman–Crippen LogP) is 1.95. The van der Waals surface area contributed by atoms with E-state index in [4.69, 9.17) is 9.47 Å². The molecule has 0 amide bonds. The largest absolute Gasteiger partial charge is 0.496 e. The summed E-state index contributed by atoms with van der Waals surface area (Å²) in [6.45, 7) is 7.88. The number of hydrogen-bond acceptors (Lipinski definition) is 4. The van der Waals surface area contributed by atoms with E-state index in [9.17, 15) is 0 Å². The van der Waals surface area contributed by atoms with Crippen LogP contribution in [0.15, 0.2) is 12.1 Å². The smallest absolute Gasteiger partial charge is 0.123 e. The van der Waals surface area contributed by atoms with E-state index < -0.39 is 0 Å². The number of nitrogens with zero attached hydrogens (tertiary/aromatic N) is 1. The van der Waals surface area contributed by atoms with E-state index in [1.807, 2.05) is 0 Å². The van der Waals surface area contributed by atoms with Gasteiger partial charge >= 0.3 is 0 Å². The van der Waals surface area contributed by atoms with E-state index in [1.54, 1.807) is 7.11 Å². The Kier molecular flexibility index (Phi) is 4.78. The minimum atomic E-state index is 0.613. The number of hydrogen-bond donors (Lipinski definition) is 1. The van der Waals surface area contributed by atoms with E-state index in [2.05, 4.69) is 29.3 Å². The monoisotopic (exact) mass is 290 g/mol. The van der Waals surface area contributed by atoms with Crippen LogP contribution in [0.3, 0.4) is 0 Å². The second-order valence-electron chi connectivity index (χ2n) is 6.01. The molecule has 0 spiro atoms. The lowest BCUT2D eigenvalue weighted by atomic mass is 9.92. The average Bonchev–Trinajstić information content (AvgIpc) is 2.54. The minimum Gasteiger partial charge on any atom is -0.496 e. The summed E-state index contributed by atoms with van der Waals surface area (Å²) in [4.78, 5) is 2.45. The maximum Gasteiger partial charge on any atom is 0.123 e. The van der Waals surface area contributed by atoms with Gasteiger partial charge in [0, 0.05) is 37.8 Å². The van der Waals surface area contributed by atoms with Crippen molar-refractivity contribution in [1.82, 2.24) is 10.2 Å². The number of fused-ring (bicyclic) bond motifs is 1. The highest BCUT2D eigenvalue weighted by Crippen LogP contribution is 2.28. The number of benzene rings is 1. The molecule has 21 heavy (non-hydrogen) atoms. The average molecular weight is 290 g/mol. The molecule has 1 saturated heterocycles. The van der Waals surface area contributed by atoms with E-state index in [0.29, 0.717) is 6.04 Å². The van der Waals surface area contributed by atoms with Crippen molar-refractivity contribution in [2.45, 2.75) is 38.9 Å². The Balaban J connectivity index is 1.81. The number of ether oxygens (including phenoxy) is 2. The number of nitrogens with one attached hydrogen (secondary N) is 1. The van der Waals surface area contributed by atoms with Gasteiger partial charge in [-0.3, -0.25) is 4.90 Å². The number of rotatable bonds is 4. The zero-order chi connectivity index (χ0) is 14.7. The van der Waals surface area contributed by atoms with Gasteiger partial charge in [-0.25, -0.2) is 0 Å². The Morgan fingerprint density at radius 2 is 2.10 bits per heavy atom. The van der Waals surface area contributed by atoms with Gasteiger partial charge in [0.2, 0.25) is 0 Å². The van der Waals surface area contributed by atoms with Crippen molar-refractivity contribution in [2.24, 2.45) is 0 Å². The molecule has 1 unspecified atom stereocenters. The van der Waals surface area contributed by atoms with E-state index in [-0.39, 0.29) is 0 Å². The van der Waals surface area contributed by atoms with Crippen LogP contribution in [0.25, 0.3) is 0 Å². The molecular formula is C17H26N2O2. The maximum atomic E-state index is 5.62. The lowest BCUT2D eigenvalue weighted by molar-refractivity contribution is 0.0338. The third-order valence-electron chi connectivity index (χ3n) is 4.64. The number of morpholine rings is 1. The summed E-state index contributed by atoms with van der Waals surface area (Å²) < 4.78 is 11.1. The van der Waals surface area contributed by atoms with Gasteiger partial charge in [-0.1, -0.05) is 13.0 Å². The quantitative estimate of drug-likeness (QED) is 0.919. The Bertz CT molecular complexity index is 484. The van der Waals surface area contributed by atoms with Crippen molar-refractivity contribution < 1.29 is 9.47 Å². The van der Waals surface area contributed by atoms with Crippen molar-refractivity contribution >= 4 is 0 Å². The molecule has 4 heteroatoms. The molecule has 2 heterocycles. The first-order valence-corrected chi connectivity index (χ1v) is 8.02. The third kappa shape index (κ3) is 3.39. The molecule has 0 radical (unpaired) electrons. The van der Waals surface area contributed by atoms with E-state index in [0.717, 1.165) is 51.6 Å². The molecule has 2 aliphatic rings. The first-order valence-electron chi connectivity index (χ1n) is 8.02. The fourth-order valence-corrected chi connectivity index (χ4v) is 3.27. The number of methoxy groups -OCH3 is 1. The van der Waals surface area contributed by atoms with Gasteiger partial charge in [0.25, 0.3) is 0 Å². The van der Waals surface area contributed by atoms with Gasteiger partial charge < -0.3 is 14.8 Å². The van der Waals surface area contributed by atoms with Crippen molar-refractivity contribution in [1.29, 1.82) is 0 Å². The van der Waals surface area contributed by atoms with Crippen LogP contribution in [-0.2, 0) is 24.2 Å². The van der Waals surface area contributed by atoms with Crippen LogP contribution in [0, 0.1) is 0 Å². The van der Waals surface area contributed by atoms with Crippen LogP contribution in [0.4, 0.5) is 0 Å². The first kappa shape index (κ1) is 14.8. The zero-order valence-corrected chi connectivity index (χ0v) is 13.2. The maximum absolute atomic E-state index is 5.62. The summed E-state index contributed by atoms with van der Waals surface area (Å²) in [5.41, 5.74) is 4.20. The topological polar surface area (TPSA) is 33.7 Å². The van der Waals surface area contributed by atoms with E-state index in [1.165, 1.54) is 23.1 Å². The first-order chi connectivity index (χ1) is 10.3. The predicted molar refractivity (Wildman–Crippen MR) is 83.7 cm³/mol. The molecule has 1 aromatic carbocycles. The SMILES string of the molecule is CCC1Cc2cc(CN3CCOCC3)c(OC)cc2CN1. The van der Waals surface area contributed by atoms with Crippen LogP contribution in [0.2, 0.25) is 0 Å². The van der Waals surface area contributed by atoms with Gasteiger partial charge in [-0.15, -0.1) is 0 Å². The fourth-order valence-electron chi connectivity index (χ4n) is 3.27. The lowest BCUT2D eigenvalue weighted by Gasteiger charge is -2.29. The molecule has 3 rings (SSSR count). The third-order valence-corrected chi connectivity index (χ3v) is 4.64. The van der Waals surface area contributed by atoms with Gasteiger partial charge in [-0.05, 0) is 30.0 Å². The summed E-state index contributed by atoms with van der Waals surface area (Å²) in [6.07, 6.45) is 2.32. The summed E-state index contributed by atoms with van der Waals surface area (Å²) in [6, 6.07) is 5.21. The van der Waals surface area contributed by atoms with Crippen molar-refractivity contribution in [3.05, 3.63) is 28.8 Å². The molecule has 0 aromatic heterocycles. The van der Waals surface area contributed by atoms with Crippen LogP contribution >= 0.6 is 0 Å². The van der Waals surface area contributed by atoms with Crippen molar-refractivity contribution in [2.75, 3.05) is 33.4 Å². The molecule has 4 nitrogen and oxygen atoms in total. The Labute approximate surface area is 127 Å². The van der Waals surface area contributed by atoms with Crippen molar-refractivity contribution in [3.63, 3.8) is 0 Å².